The fourth-order valence-electron chi connectivity index (χ4n) is 1.30. The molecule has 0 amide bonds. The minimum absolute atomic E-state index is 0.0392. The lowest BCUT2D eigenvalue weighted by Crippen LogP contribution is -2.19. The van der Waals surface area contributed by atoms with E-state index in [1.54, 1.807) is 0 Å². The Morgan fingerprint density at radius 2 is 2.00 bits per heavy atom. The Kier molecular flexibility index (Phi) is 4.35. The van der Waals surface area contributed by atoms with Gasteiger partial charge in [0.2, 0.25) is 0 Å². The molecule has 0 aromatic heterocycles. The van der Waals surface area contributed by atoms with E-state index in [-0.39, 0.29) is 18.7 Å². The predicted molar refractivity (Wildman–Crippen MR) is 62.6 cm³/mol. The quantitative estimate of drug-likeness (QED) is 0.735. The van der Waals surface area contributed by atoms with E-state index in [1.165, 1.54) is 0 Å². The van der Waals surface area contributed by atoms with Crippen molar-refractivity contribution < 1.29 is 14.3 Å². The molecular weight excluding hydrogens is 204 g/mol. The van der Waals surface area contributed by atoms with Gasteiger partial charge in [-0.05, 0) is 44.9 Å². The minimum atomic E-state index is -0.337. The number of ether oxygens (including phenoxy) is 2. The van der Waals surface area contributed by atoms with Crippen molar-refractivity contribution in [1.82, 2.24) is 0 Å². The van der Waals surface area contributed by atoms with Crippen LogP contribution in [0, 0.1) is 13.8 Å². The summed E-state index contributed by atoms with van der Waals surface area (Å²) in [6.07, 6.45) is -0.102. The molecule has 16 heavy (non-hydrogen) atoms. The second kappa shape index (κ2) is 5.54. The Labute approximate surface area is 96.4 Å². The summed E-state index contributed by atoms with van der Waals surface area (Å²) in [7, 11) is 0. The van der Waals surface area contributed by atoms with Gasteiger partial charge in [-0.1, -0.05) is 12.1 Å². The Bertz CT molecular complexity index is 369. The summed E-state index contributed by atoms with van der Waals surface area (Å²) in [6.45, 7) is 7.52. The molecule has 0 saturated carbocycles. The third-order valence-corrected chi connectivity index (χ3v) is 2.06. The lowest BCUT2D eigenvalue weighted by atomic mass is 10.1. The summed E-state index contributed by atoms with van der Waals surface area (Å²) in [5.41, 5.74) is 2.13. The molecule has 3 nitrogen and oxygen atoms in total. The number of esters is 1. The number of carbonyl (C=O) groups is 1. The smallest absolute Gasteiger partial charge is 0.344 e. The Morgan fingerprint density at radius 1 is 1.31 bits per heavy atom. The Balaban J connectivity index is 2.54. The highest BCUT2D eigenvalue weighted by Gasteiger charge is 2.07. The standard InChI is InChI=1S/C13H18O3/c1-9(2)16-13(14)8-15-12-7-10(3)5-6-11(12)4/h5-7,9H,8H2,1-4H3. The number of aryl methyl sites for hydroxylation is 2. The van der Waals surface area contributed by atoms with E-state index in [0.717, 1.165) is 16.9 Å². The molecule has 1 aromatic rings. The highest BCUT2D eigenvalue weighted by atomic mass is 16.6. The third kappa shape index (κ3) is 3.93. The van der Waals surface area contributed by atoms with E-state index < -0.39 is 0 Å². The van der Waals surface area contributed by atoms with Crippen LogP contribution in [0.4, 0.5) is 0 Å². The number of hydrogen-bond acceptors (Lipinski definition) is 3. The van der Waals surface area contributed by atoms with Crippen LogP contribution in [0.5, 0.6) is 5.75 Å². The summed E-state index contributed by atoms with van der Waals surface area (Å²) < 4.78 is 10.4. The molecule has 0 aliphatic carbocycles. The number of rotatable bonds is 4. The Hall–Kier alpha value is -1.51. The zero-order valence-corrected chi connectivity index (χ0v) is 10.2. The average molecular weight is 222 g/mol. The molecule has 0 radical (unpaired) electrons. The monoisotopic (exact) mass is 222 g/mol. The van der Waals surface area contributed by atoms with Crippen LogP contribution in [0.15, 0.2) is 18.2 Å². The lowest BCUT2D eigenvalue weighted by Gasteiger charge is -2.11. The predicted octanol–water partition coefficient (Wildman–Crippen LogP) is 2.63. The van der Waals surface area contributed by atoms with Crippen LogP contribution < -0.4 is 4.74 Å². The van der Waals surface area contributed by atoms with Crippen LogP contribution in [0.3, 0.4) is 0 Å². The molecular formula is C13H18O3. The van der Waals surface area contributed by atoms with Gasteiger partial charge in [-0.3, -0.25) is 0 Å². The molecule has 88 valence electrons. The van der Waals surface area contributed by atoms with Crippen LogP contribution in [0.1, 0.15) is 25.0 Å². The molecule has 0 aliphatic rings. The van der Waals surface area contributed by atoms with Crippen LogP contribution in [-0.4, -0.2) is 18.7 Å². The largest absolute Gasteiger partial charge is 0.482 e. The molecule has 0 spiro atoms. The molecule has 0 unspecified atom stereocenters. The molecule has 0 aliphatic heterocycles. The van der Waals surface area contributed by atoms with Gasteiger partial charge in [0, 0.05) is 0 Å². The van der Waals surface area contributed by atoms with E-state index in [1.807, 2.05) is 45.9 Å². The summed E-state index contributed by atoms with van der Waals surface area (Å²) in [5.74, 6) is 0.400. The summed E-state index contributed by atoms with van der Waals surface area (Å²) in [4.78, 5) is 11.3. The molecule has 0 atom stereocenters. The fourth-order valence-corrected chi connectivity index (χ4v) is 1.30. The van der Waals surface area contributed by atoms with Crippen molar-refractivity contribution in [3.8, 4) is 5.75 Å². The minimum Gasteiger partial charge on any atom is -0.482 e. The van der Waals surface area contributed by atoms with Crippen LogP contribution in [-0.2, 0) is 9.53 Å². The third-order valence-electron chi connectivity index (χ3n) is 2.06. The highest BCUT2D eigenvalue weighted by molar-refractivity contribution is 5.71. The molecule has 0 heterocycles. The maximum Gasteiger partial charge on any atom is 0.344 e. The molecule has 0 fully saturated rings. The van der Waals surface area contributed by atoms with E-state index in [2.05, 4.69) is 0 Å². The molecule has 0 N–H and O–H groups in total. The SMILES string of the molecule is Cc1ccc(C)c(OCC(=O)OC(C)C)c1. The van der Waals surface area contributed by atoms with Gasteiger partial charge in [0.05, 0.1) is 6.10 Å². The summed E-state index contributed by atoms with van der Waals surface area (Å²) in [6, 6.07) is 5.89. The zero-order chi connectivity index (χ0) is 12.1. The second-order valence-corrected chi connectivity index (χ2v) is 4.10. The van der Waals surface area contributed by atoms with Gasteiger partial charge in [0.25, 0.3) is 0 Å². The van der Waals surface area contributed by atoms with Crippen LogP contribution in [0.25, 0.3) is 0 Å². The average Bonchev–Trinajstić information content (AvgIpc) is 2.18. The van der Waals surface area contributed by atoms with E-state index in [9.17, 15) is 4.79 Å². The number of hydrogen-bond donors (Lipinski definition) is 0. The van der Waals surface area contributed by atoms with Gasteiger partial charge in [0.1, 0.15) is 5.75 Å². The molecule has 1 aromatic carbocycles. The van der Waals surface area contributed by atoms with E-state index in [4.69, 9.17) is 9.47 Å². The number of carbonyl (C=O) groups excluding carboxylic acids is 1. The Morgan fingerprint density at radius 3 is 2.62 bits per heavy atom. The van der Waals surface area contributed by atoms with Gasteiger partial charge >= 0.3 is 5.97 Å². The summed E-state index contributed by atoms with van der Waals surface area (Å²) in [5, 5.41) is 0. The zero-order valence-electron chi connectivity index (χ0n) is 10.2. The first kappa shape index (κ1) is 12.6. The maximum atomic E-state index is 11.3. The first-order chi connectivity index (χ1) is 7.49. The lowest BCUT2D eigenvalue weighted by molar-refractivity contribution is -0.149. The van der Waals surface area contributed by atoms with Crippen LogP contribution in [0.2, 0.25) is 0 Å². The van der Waals surface area contributed by atoms with Crippen molar-refractivity contribution in [2.75, 3.05) is 6.61 Å². The van der Waals surface area contributed by atoms with Crippen molar-refractivity contribution in [3.63, 3.8) is 0 Å². The van der Waals surface area contributed by atoms with Crippen LogP contribution >= 0.6 is 0 Å². The maximum absolute atomic E-state index is 11.3. The van der Waals surface area contributed by atoms with Crippen molar-refractivity contribution in [2.45, 2.75) is 33.8 Å². The van der Waals surface area contributed by atoms with Crippen molar-refractivity contribution in [3.05, 3.63) is 29.3 Å². The first-order valence-electron chi connectivity index (χ1n) is 5.38. The van der Waals surface area contributed by atoms with Crippen molar-refractivity contribution >= 4 is 5.97 Å². The van der Waals surface area contributed by atoms with E-state index >= 15 is 0 Å². The van der Waals surface area contributed by atoms with Crippen molar-refractivity contribution in [1.29, 1.82) is 0 Å². The normalized spacial score (nSPS) is 10.3. The second-order valence-electron chi connectivity index (χ2n) is 4.10. The fraction of sp³-hybridized carbons (Fsp3) is 0.462. The van der Waals surface area contributed by atoms with Gasteiger partial charge in [-0.25, -0.2) is 4.79 Å². The molecule has 0 bridgehead atoms. The van der Waals surface area contributed by atoms with Crippen molar-refractivity contribution in [2.24, 2.45) is 0 Å². The van der Waals surface area contributed by atoms with Gasteiger partial charge in [0.15, 0.2) is 6.61 Å². The highest BCUT2D eigenvalue weighted by Crippen LogP contribution is 2.18. The van der Waals surface area contributed by atoms with Gasteiger partial charge in [-0.15, -0.1) is 0 Å². The number of benzene rings is 1. The topological polar surface area (TPSA) is 35.5 Å². The van der Waals surface area contributed by atoms with E-state index in [0.29, 0.717) is 0 Å². The molecule has 3 heteroatoms. The summed E-state index contributed by atoms with van der Waals surface area (Å²) >= 11 is 0. The first-order valence-corrected chi connectivity index (χ1v) is 5.38. The molecule has 1 rings (SSSR count). The van der Waals surface area contributed by atoms with Gasteiger partial charge < -0.3 is 9.47 Å². The van der Waals surface area contributed by atoms with Gasteiger partial charge in [-0.2, -0.15) is 0 Å². The molecule has 0 saturated heterocycles.